The molecule has 9 N–H and O–H groups in total. The van der Waals surface area contributed by atoms with Crippen LogP contribution < -0.4 is 27.4 Å². The maximum Gasteiger partial charge on any atom is 0.326 e. The van der Waals surface area contributed by atoms with Gasteiger partial charge in [0, 0.05) is 24.7 Å². The topological polar surface area (TPSA) is 222 Å². The summed E-state index contributed by atoms with van der Waals surface area (Å²) >= 11 is 0. The zero-order valence-electron chi connectivity index (χ0n) is 18.3. The van der Waals surface area contributed by atoms with Crippen molar-refractivity contribution >= 4 is 29.6 Å². The number of rotatable bonds is 13. The first-order chi connectivity index (χ1) is 14.9. The second-order valence-corrected chi connectivity index (χ2v) is 7.75. The number of hydrogen-bond acceptors (Lipinski definition) is 7. The van der Waals surface area contributed by atoms with Crippen molar-refractivity contribution in [3.63, 3.8) is 0 Å². The number of aliphatic carboxylic acids is 1. The number of nitrogens with zero attached hydrogens (tertiary/aromatic N) is 1. The number of nitrogens with two attached hydrogens (primary N) is 2. The standard InChI is InChI=1S/C19H31N7O6/c1-9(2)15(19(31)32)26-16(28)10(3)24-18(30)13(4-5-14(21)27)25-17(29)12(20)6-11-7-22-8-23-11/h7-10,12-13,15H,4-6,20H2,1-3H3,(H2,21,27)(H,22,23)(H,24,30)(H,25,29)(H,26,28)(H,31,32). The molecule has 4 unspecified atom stereocenters. The van der Waals surface area contributed by atoms with Crippen LogP contribution in [-0.4, -0.2) is 68.8 Å². The summed E-state index contributed by atoms with van der Waals surface area (Å²) in [4.78, 5) is 66.5. The Bertz CT molecular complexity index is 811. The van der Waals surface area contributed by atoms with Crippen LogP contribution in [0.2, 0.25) is 0 Å². The molecule has 0 bridgehead atoms. The third kappa shape index (κ3) is 8.71. The predicted octanol–water partition coefficient (Wildman–Crippen LogP) is -2.24. The van der Waals surface area contributed by atoms with Gasteiger partial charge in [0.25, 0.3) is 0 Å². The molecule has 1 heterocycles. The van der Waals surface area contributed by atoms with Crippen molar-refractivity contribution in [3.8, 4) is 0 Å². The van der Waals surface area contributed by atoms with Crippen LogP contribution in [0.4, 0.5) is 0 Å². The summed E-state index contributed by atoms with van der Waals surface area (Å²) in [6.07, 6.45) is 2.78. The van der Waals surface area contributed by atoms with Crippen LogP contribution in [0.15, 0.2) is 12.5 Å². The highest BCUT2D eigenvalue weighted by molar-refractivity contribution is 5.94. The average Bonchev–Trinajstić information content (AvgIpc) is 3.20. The molecule has 13 nitrogen and oxygen atoms in total. The lowest BCUT2D eigenvalue weighted by Gasteiger charge is -2.24. The molecule has 4 atom stereocenters. The fourth-order valence-corrected chi connectivity index (χ4v) is 2.73. The molecule has 0 aliphatic carbocycles. The summed E-state index contributed by atoms with van der Waals surface area (Å²) in [7, 11) is 0. The van der Waals surface area contributed by atoms with Crippen LogP contribution in [0.5, 0.6) is 0 Å². The second kappa shape index (κ2) is 12.4. The van der Waals surface area contributed by atoms with Gasteiger partial charge in [-0.05, 0) is 19.3 Å². The van der Waals surface area contributed by atoms with E-state index >= 15 is 0 Å². The van der Waals surface area contributed by atoms with Gasteiger partial charge in [0.15, 0.2) is 0 Å². The van der Waals surface area contributed by atoms with Crippen molar-refractivity contribution in [1.82, 2.24) is 25.9 Å². The minimum atomic E-state index is -1.20. The summed E-state index contributed by atoms with van der Waals surface area (Å²) < 4.78 is 0. The molecule has 1 aromatic rings. The van der Waals surface area contributed by atoms with Crippen molar-refractivity contribution < 1.29 is 29.1 Å². The van der Waals surface area contributed by atoms with E-state index in [4.69, 9.17) is 11.5 Å². The van der Waals surface area contributed by atoms with Crippen LogP contribution in [0.1, 0.15) is 39.3 Å². The van der Waals surface area contributed by atoms with E-state index in [1.54, 1.807) is 13.8 Å². The number of aromatic amines is 1. The molecule has 0 saturated carbocycles. The first-order valence-electron chi connectivity index (χ1n) is 10.1. The largest absolute Gasteiger partial charge is 0.480 e. The van der Waals surface area contributed by atoms with E-state index in [0.717, 1.165) is 0 Å². The van der Waals surface area contributed by atoms with Gasteiger partial charge < -0.3 is 37.5 Å². The molecule has 1 aromatic heterocycles. The van der Waals surface area contributed by atoms with E-state index < -0.39 is 53.8 Å². The molecule has 0 spiro atoms. The number of amides is 4. The molecular formula is C19H31N7O6. The molecule has 13 heteroatoms. The number of primary amides is 1. The van der Waals surface area contributed by atoms with Crippen LogP contribution in [-0.2, 0) is 30.4 Å². The number of imidazole rings is 1. The van der Waals surface area contributed by atoms with Gasteiger partial charge >= 0.3 is 5.97 Å². The lowest BCUT2D eigenvalue weighted by molar-refractivity contribution is -0.143. The number of aromatic nitrogens is 2. The van der Waals surface area contributed by atoms with Crippen molar-refractivity contribution in [2.45, 2.75) is 64.2 Å². The number of carbonyl (C=O) groups is 5. The maximum atomic E-state index is 12.7. The SMILES string of the molecule is CC(NC(=O)C(CCC(N)=O)NC(=O)C(N)Cc1cnc[nH]1)C(=O)NC(C(=O)O)C(C)C. The maximum absolute atomic E-state index is 12.7. The number of hydrogen-bond donors (Lipinski definition) is 7. The van der Waals surface area contributed by atoms with Gasteiger partial charge in [-0.25, -0.2) is 9.78 Å². The van der Waals surface area contributed by atoms with E-state index in [0.29, 0.717) is 5.69 Å². The number of H-pyrrole nitrogens is 1. The first-order valence-corrected chi connectivity index (χ1v) is 10.1. The molecule has 178 valence electrons. The van der Waals surface area contributed by atoms with E-state index in [2.05, 4.69) is 25.9 Å². The van der Waals surface area contributed by atoms with Gasteiger partial charge in [-0.3, -0.25) is 19.2 Å². The summed E-state index contributed by atoms with van der Waals surface area (Å²) in [6.45, 7) is 4.62. The van der Waals surface area contributed by atoms with Gasteiger partial charge in [0.1, 0.15) is 18.1 Å². The fourth-order valence-electron chi connectivity index (χ4n) is 2.73. The number of carbonyl (C=O) groups excluding carboxylic acids is 4. The van der Waals surface area contributed by atoms with E-state index in [1.165, 1.54) is 19.4 Å². The highest BCUT2D eigenvalue weighted by Gasteiger charge is 2.29. The normalized spacial score (nSPS) is 14.7. The quantitative estimate of drug-likeness (QED) is 0.172. The van der Waals surface area contributed by atoms with Gasteiger partial charge in [-0.1, -0.05) is 13.8 Å². The molecule has 0 aromatic carbocycles. The minimum absolute atomic E-state index is 0.109. The van der Waals surface area contributed by atoms with E-state index in [9.17, 15) is 29.1 Å². The third-order valence-electron chi connectivity index (χ3n) is 4.63. The Morgan fingerprint density at radius 2 is 1.72 bits per heavy atom. The Labute approximate surface area is 185 Å². The van der Waals surface area contributed by atoms with Gasteiger partial charge in [-0.15, -0.1) is 0 Å². The summed E-state index contributed by atoms with van der Waals surface area (Å²) in [5.74, 6) is -4.36. The van der Waals surface area contributed by atoms with Gasteiger partial charge in [0.05, 0.1) is 12.4 Å². The average molecular weight is 454 g/mol. The lowest BCUT2D eigenvalue weighted by Crippen LogP contribution is -2.57. The highest BCUT2D eigenvalue weighted by Crippen LogP contribution is 2.04. The molecule has 4 amide bonds. The predicted molar refractivity (Wildman–Crippen MR) is 113 cm³/mol. The van der Waals surface area contributed by atoms with E-state index in [-0.39, 0.29) is 25.2 Å². The Balaban J connectivity index is 2.78. The van der Waals surface area contributed by atoms with Crippen LogP contribution in [0, 0.1) is 5.92 Å². The van der Waals surface area contributed by atoms with Crippen LogP contribution >= 0.6 is 0 Å². The molecule has 0 fully saturated rings. The van der Waals surface area contributed by atoms with Gasteiger partial charge in [-0.2, -0.15) is 0 Å². The minimum Gasteiger partial charge on any atom is -0.480 e. The highest BCUT2D eigenvalue weighted by atomic mass is 16.4. The van der Waals surface area contributed by atoms with Crippen molar-refractivity contribution in [3.05, 3.63) is 18.2 Å². The molecule has 0 aliphatic rings. The fraction of sp³-hybridized carbons (Fsp3) is 0.579. The number of carboxylic acids is 1. The summed E-state index contributed by atoms with van der Waals surface area (Å²) in [5, 5.41) is 16.4. The molecule has 0 saturated heterocycles. The van der Waals surface area contributed by atoms with Crippen molar-refractivity contribution in [2.24, 2.45) is 17.4 Å². The molecule has 0 aliphatic heterocycles. The smallest absolute Gasteiger partial charge is 0.326 e. The first kappa shape index (κ1) is 26.6. The Hall–Kier alpha value is -3.48. The lowest BCUT2D eigenvalue weighted by atomic mass is 10.0. The number of carboxylic acid groups (broad SMARTS) is 1. The third-order valence-corrected chi connectivity index (χ3v) is 4.63. The molecule has 0 radical (unpaired) electrons. The van der Waals surface area contributed by atoms with Gasteiger partial charge in [0.2, 0.25) is 23.6 Å². The summed E-state index contributed by atoms with van der Waals surface area (Å²) in [6, 6.07) is -4.41. The second-order valence-electron chi connectivity index (χ2n) is 7.75. The Morgan fingerprint density at radius 3 is 2.22 bits per heavy atom. The zero-order chi connectivity index (χ0) is 24.4. The van der Waals surface area contributed by atoms with E-state index in [1.807, 2.05) is 0 Å². The van der Waals surface area contributed by atoms with Crippen LogP contribution in [0.3, 0.4) is 0 Å². The van der Waals surface area contributed by atoms with Crippen molar-refractivity contribution in [2.75, 3.05) is 0 Å². The Kier molecular flexibility index (Phi) is 10.3. The van der Waals surface area contributed by atoms with Crippen molar-refractivity contribution in [1.29, 1.82) is 0 Å². The van der Waals surface area contributed by atoms with Crippen LogP contribution in [0.25, 0.3) is 0 Å². The monoisotopic (exact) mass is 453 g/mol. The molecular weight excluding hydrogens is 422 g/mol. The molecule has 1 rings (SSSR count). The number of nitrogens with one attached hydrogen (secondary N) is 4. The molecule has 32 heavy (non-hydrogen) atoms. The Morgan fingerprint density at radius 1 is 1.06 bits per heavy atom. The summed E-state index contributed by atoms with van der Waals surface area (Å²) in [5.41, 5.74) is 11.6. The zero-order valence-corrected chi connectivity index (χ0v) is 18.3.